The fraction of sp³-hybridized carbons (Fsp3) is 0.533. The van der Waals surface area contributed by atoms with Crippen molar-refractivity contribution >= 4 is 15.8 Å². The van der Waals surface area contributed by atoms with Crippen LogP contribution in [-0.2, 0) is 14.6 Å². The van der Waals surface area contributed by atoms with Crippen molar-refractivity contribution in [3.63, 3.8) is 0 Å². The van der Waals surface area contributed by atoms with Crippen molar-refractivity contribution in [3.8, 4) is 5.75 Å². The van der Waals surface area contributed by atoms with Crippen molar-refractivity contribution < 1.29 is 23.1 Å². The molecule has 0 spiro atoms. The number of ether oxygens (including phenoxy) is 1. The molecule has 1 unspecified atom stereocenters. The Morgan fingerprint density at radius 3 is 2.57 bits per heavy atom. The average molecular weight is 314 g/mol. The van der Waals surface area contributed by atoms with Crippen molar-refractivity contribution in [2.45, 2.75) is 49.2 Å². The van der Waals surface area contributed by atoms with Gasteiger partial charge in [0.1, 0.15) is 5.75 Å². The zero-order valence-electron chi connectivity index (χ0n) is 12.4. The minimum atomic E-state index is -3.90. The van der Waals surface area contributed by atoms with Gasteiger partial charge in [-0.3, -0.25) is 4.79 Å². The van der Waals surface area contributed by atoms with Gasteiger partial charge in [0.2, 0.25) is 0 Å². The molecule has 0 aliphatic carbocycles. The van der Waals surface area contributed by atoms with Gasteiger partial charge in [-0.15, -0.1) is 0 Å². The predicted octanol–water partition coefficient (Wildman–Crippen LogP) is 2.89. The molecule has 0 aliphatic rings. The largest absolute Gasteiger partial charge is 0.497 e. The lowest BCUT2D eigenvalue weighted by molar-refractivity contribution is -0.136. The number of carbonyl (C=O) groups is 1. The number of carboxylic acids is 1. The zero-order valence-corrected chi connectivity index (χ0v) is 13.2. The molecule has 21 heavy (non-hydrogen) atoms. The van der Waals surface area contributed by atoms with Gasteiger partial charge in [0.15, 0.2) is 15.1 Å². The molecular formula is C15H22O5S. The summed E-state index contributed by atoms with van der Waals surface area (Å²) in [5, 5.41) is 7.84. The van der Waals surface area contributed by atoms with Gasteiger partial charge in [0, 0.05) is 0 Å². The lowest BCUT2D eigenvalue weighted by atomic mass is 10.1. The number of benzene rings is 1. The number of rotatable bonds is 9. The molecule has 6 heteroatoms. The molecule has 1 N–H and O–H groups in total. The minimum absolute atomic E-state index is 0.00950. The van der Waals surface area contributed by atoms with Crippen LogP contribution < -0.4 is 4.74 Å². The highest BCUT2D eigenvalue weighted by Crippen LogP contribution is 2.24. The quantitative estimate of drug-likeness (QED) is 0.709. The number of carboxylic acid groups (broad SMARTS) is 1. The molecule has 0 aliphatic heterocycles. The van der Waals surface area contributed by atoms with E-state index < -0.39 is 21.1 Å². The van der Waals surface area contributed by atoms with Crippen LogP contribution in [0.3, 0.4) is 0 Å². The Hall–Kier alpha value is -1.56. The second kappa shape index (κ2) is 8.02. The van der Waals surface area contributed by atoms with Gasteiger partial charge in [0.25, 0.3) is 0 Å². The van der Waals surface area contributed by atoms with E-state index in [0.29, 0.717) is 12.2 Å². The van der Waals surface area contributed by atoms with Crippen LogP contribution in [0.1, 0.15) is 39.0 Å². The van der Waals surface area contributed by atoms with E-state index in [-0.39, 0.29) is 11.3 Å². The monoisotopic (exact) mass is 314 g/mol. The Kier molecular flexibility index (Phi) is 6.68. The number of methoxy groups -OCH3 is 1. The summed E-state index contributed by atoms with van der Waals surface area (Å²) in [7, 11) is -2.46. The maximum absolute atomic E-state index is 12.5. The Morgan fingerprint density at radius 1 is 1.29 bits per heavy atom. The first kappa shape index (κ1) is 17.5. The van der Waals surface area contributed by atoms with Gasteiger partial charge in [0.05, 0.1) is 12.0 Å². The van der Waals surface area contributed by atoms with E-state index in [1.165, 1.54) is 19.2 Å². The summed E-state index contributed by atoms with van der Waals surface area (Å²) in [6.45, 7) is 2.04. The third-order valence-corrected chi connectivity index (χ3v) is 5.44. The van der Waals surface area contributed by atoms with Crippen LogP contribution in [0.15, 0.2) is 29.2 Å². The normalized spacial score (nSPS) is 12.9. The molecule has 5 nitrogen and oxygen atoms in total. The van der Waals surface area contributed by atoms with Gasteiger partial charge >= 0.3 is 5.97 Å². The predicted molar refractivity (Wildman–Crippen MR) is 80.4 cm³/mol. The highest BCUT2D eigenvalue weighted by molar-refractivity contribution is 7.92. The molecule has 1 aromatic rings. The summed E-state index contributed by atoms with van der Waals surface area (Å²) < 4.78 is 29.9. The van der Waals surface area contributed by atoms with Gasteiger partial charge in [-0.25, -0.2) is 8.42 Å². The number of aliphatic carboxylic acids is 1. The number of hydrogen-bond acceptors (Lipinski definition) is 4. The summed E-state index contributed by atoms with van der Waals surface area (Å²) in [6.07, 6.45) is 3.56. The SMILES string of the molecule is CCCCCCC(C(=O)O)S(=O)(=O)c1cccc(OC)c1. The average Bonchev–Trinajstić information content (AvgIpc) is 2.46. The molecule has 0 bridgehead atoms. The summed E-state index contributed by atoms with van der Waals surface area (Å²) in [4.78, 5) is 11.3. The third-order valence-electron chi connectivity index (χ3n) is 3.34. The molecule has 1 rings (SSSR count). The van der Waals surface area contributed by atoms with E-state index in [0.717, 1.165) is 19.3 Å². The fourth-order valence-electron chi connectivity index (χ4n) is 2.11. The van der Waals surface area contributed by atoms with Gasteiger partial charge in [-0.1, -0.05) is 38.7 Å². The molecular weight excluding hydrogens is 292 g/mol. The van der Waals surface area contributed by atoms with Crippen molar-refractivity contribution in [3.05, 3.63) is 24.3 Å². The summed E-state index contributed by atoms with van der Waals surface area (Å²) in [5.74, 6) is -0.902. The van der Waals surface area contributed by atoms with Crippen molar-refractivity contribution in [1.82, 2.24) is 0 Å². The summed E-state index contributed by atoms with van der Waals surface area (Å²) >= 11 is 0. The maximum Gasteiger partial charge on any atom is 0.322 e. The van der Waals surface area contributed by atoms with E-state index in [1.807, 2.05) is 6.92 Å². The van der Waals surface area contributed by atoms with Gasteiger partial charge in [-0.2, -0.15) is 0 Å². The molecule has 1 aromatic carbocycles. The minimum Gasteiger partial charge on any atom is -0.497 e. The fourth-order valence-corrected chi connectivity index (χ4v) is 3.73. The second-order valence-corrected chi connectivity index (χ2v) is 7.03. The molecule has 0 radical (unpaired) electrons. The Bertz CT molecular complexity index is 565. The maximum atomic E-state index is 12.5. The lowest BCUT2D eigenvalue weighted by Gasteiger charge is -2.14. The summed E-state index contributed by atoms with van der Waals surface area (Å²) in [5.41, 5.74) is 0. The first-order chi connectivity index (χ1) is 9.93. The molecule has 118 valence electrons. The van der Waals surface area contributed by atoms with Crippen LogP contribution in [0, 0.1) is 0 Å². The molecule has 0 heterocycles. The molecule has 0 saturated heterocycles. The topological polar surface area (TPSA) is 80.7 Å². The molecule has 0 fully saturated rings. The Labute approximate surface area is 125 Å². The zero-order chi connectivity index (χ0) is 15.9. The molecule has 1 atom stereocenters. The smallest absolute Gasteiger partial charge is 0.322 e. The molecule has 0 amide bonds. The summed E-state index contributed by atoms with van der Waals surface area (Å²) in [6, 6.07) is 5.93. The van der Waals surface area contributed by atoms with Gasteiger partial charge in [-0.05, 0) is 24.6 Å². The highest BCUT2D eigenvalue weighted by Gasteiger charge is 2.33. The lowest BCUT2D eigenvalue weighted by Crippen LogP contribution is -2.30. The van der Waals surface area contributed by atoms with Crippen LogP contribution in [0.2, 0.25) is 0 Å². The highest BCUT2D eigenvalue weighted by atomic mass is 32.2. The van der Waals surface area contributed by atoms with E-state index >= 15 is 0 Å². The Morgan fingerprint density at radius 2 is 2.00 bits per heavy atom. The molecule has 0 aromatic heterocycles. The second-order valence-electron chi connectivity index (χ2n) is 4.90. The van der Waals surface area contributed by atoms with E-state index in [1.54, 1.807) is 12.1 Å². The van der Waals surface area contributed by atoms with E-state index in [9.17, 15) is 18.3 Å². The van der Waals surface area contributed by atoms with E-state index in [2.05, 4.69) is 0 Å². The van der Waals surface area contributed by atoms with Crippen LogP contribution in [0.4, 0.5) is 0 Å². The number of hydrogen-bond donors (Lipinski definition) is 1. The van der Waals surface area contributed by atoms with Crippen LogP contribution in [-0.4, -0.2) is 31.9 Å². The van der Waals surface area contributed by atoms with Crippen LogP contribution in [0.25, 0.3) is 0 Å². The van der Waals surface area contributed by atoms with E-state index in [4.69, 9.17) is 4.74 Å². The van der Waals surface area contributed by atoms with Crippen LogP contribution in [0.5, 0.6) is 5.75 Å². The first-order valence-corrected chi connectivity index (χ1v) is 8.58. The standard InChI is InChI=1S/C15H22O5S/c1-3-4-5-6-10-14(15(16)17)21(18,19)13-9-7-8-12(11-13)20-2/h7-9,11,14H,3-6,10H2,1-2H3,(H,16,17). The van der Waals surface area contributed by atoms with Crippen molar-refractivity contribution in [1.29, 1.82) is 0 Å². The number of unbranched alkanes of at least 4 members (excludes halogenated alkanes) is 3. The number of sulfone groups is 1. The van der Waals surface area contributed by atoms with Crippen molar-refractivity contribution in [2.75, 3.05) is 7.11 Å². The first-order valence-electron chi connectivity index (χ1n) is 7.04. The third kappa shape index (κ3) is 4.74. The molecule has 0 saturated carbocycles. The van der Waals surface area contributed by atoms with Crippen LogP contribution >= 0.6 is 0 Å². The van der Waals surface area contributed by atoms with Crippen molar-refractivity contribution in [2.24, 2.45) is 0 Å². The van der Waals surface area contributed by atoms with Gasteiger partial charge < -0.3 is 9.84 Å². The Balaban J connectivity index is 2.96.